The maximum absolute atomic E-state index is 12.3. The van der Waals surface area contributed by atoms with Crippen molar-refractivity contribution in [2.75, 3.05) is 33.2 Å². The molecule has 0 radical (unpaired) electrons. The Morgan fingerprint density at radius 2 is 1.95 bits per heavy atom. The minimum Gasteiger partial charge on any atom is -0.408 e. The van der Waals surface area contributed by atoms with Gasteiger partial charge in [0.15, 0.2) is 5.58 Å². The van der Waals surface area contributed by atoms with Crippen LogP contribution in [0.3, 0.4) is 0 Å². The molecule has 2 aromatic rings. The van der Waals surface area contributed by atoms with Crippen LogP contribution >= 0.6 is 0 Å². The number of nitrogens with zero attached hydrogens (tertiary/aromatic N) is 2. The van der Waals surface area contributed by atoms with E-state index in [0.717, 1.165) is 13.1 Å². The number of nitrogens with one attached hydrogen (secondary N) is 2. The number of benzene rings is 1. The molecule has 2 heterocycles. The van der Waals surface area contributed by atoms with Crippen molar-refractivity contribution in [3.63, 3.8) is 0 Å². The summed E-state index contributed by atoms with van der Waals surface area (Å²) in [7, 11) is -1.68. The molecule has 114 valence electrons. The average molecular weight is 312 g/mol. The second-order valence-corrected chi connectivity index (χ2v) is 6.72. The lowest BCUT2D eigenvalue weighted by atomic mass is 10.3. The van der Waals surface area contributed by atoms with Gasteiger partial charge in [0.05, 0.1) is 10.4 Å². The molecule has 1 saturated heterocycles. The molecule has 9 heteroatoms. The molecule has 0 saturated carbocycles. The Morgan fingerprint density at radius 1 is 1.24 bits per heavy atom. The van der Waals surface area contributed by atoms with E-state index in [1.54, 1.807) is 5.01 Å². The summed E-state index contributed by atoms with van der Waals surface area (Å²) in [6.07, 6.45) is 0. The van der Waals surface area contributed by atoms with E-state index in [-0.39, 0.29) is 10.5 Å². The Balaban J connectivity index is 1.84. The molecular weight excluding hydrogens is 296 g/mol. The highest BCUT2D eigenvalue weighted by Gasteiger charge is 2.22. The molecule has 1 aliphatic heterocycles. The summed E-state index contributed by atoms with van der Waals surface area (Å²) in [5, 5.41) is 1.67. The lowest BCUT2D eigenvalue weighted by Gasteiger charge is -2.32. The van der Waals surface area contributed by atoms with E-state index in [1.807, 2.05) is 7.05 Å². The van der Waals surface area contributed by atoms with Crippen molar-refractivity contribution in [3.05, 3.63) is 28.7 Å². The fourth-order valence-electron chi connectivity index (χ4n) is 2.21. The second kappa shape index (κ2) is 5.26. The Hall–Kier alpha value is -1.68. The third-order valence-corrected chi connectivity index (χ3v) is 4.83. The van der Waals surface area contributed by atoms with Gasteiger partial charge >= 0.3 is 5.76 Å². The molecule has 2 N–H and O–H groups in total. The number of sulfonamides is 1. The predicted molar refractivity (Wildman–Crippen MR) is 76.2 cm³/mol. The van der Waals surface area contributed by atoms with Crippen LogP contribution in [0.25, 0.3) is 11.1 Å². The number of aromatic nitrogens is 1. The smallest absolute Gasteiger partial charge is 0.408 e. The van der Waals surface area contributed by atoms with Gasteiger partial charge < -0.3 is 9.32 Å². The lowest BCUT2D eigenvalue weighted by Crippen LogP contribution is -2.52. The van der Waals surface area contributed by atoms with Crippen molar-refractivity contribution in [2.45, 2.75) is 4.90 Å². The first kappa shape index (κ1) is 14.3. The largest absolute Gasteiger partial charge is 0.417 e. The summed E-state index contributed by atoms with van der Waals surface area (Å²) in [5.41, 5.74) is 0.694. The molecule has 0 unspecified atom stereocenters. The van der Waals surface area contributed by atoms with Gasteiger partial charge in [0.1, 0.15) is 0 Å². The van der Waals surface area contributed by atoms with Crippen molar-refractivity contribution in [1.82, 2.24) is 19.7 Å². The molecule has 8 nitrogen and oxygen atoms in total. The van der Waals surface area contributed by atoms with E-state index in [0.29, 0.717) is 18.6 Å². The maximum atomic E-state index is 12.3. The number of hydrazine groups is 1. The predicted octanol–water partition coefficient (Wildman–Crippen LogP) is -0.438. The SMILES string of the molecule is CN1CCN(NS(=O)(=O)c2ccc3[nH]c(=O)oc3c2)CC1. The van der Waals surface area contributed by atoms with Crippen LogP contribution in [0.5, 0.6) is 0 Å². The first-order valence-corrected chi connectivity index (χ1v) is 8.01. The highest BCUT2D eigenvalue weighted by molar-refractivity contribution is 7.89. The Morgan fingerprint density at radius 3 is 2.67 bits per heavy atom. The standard InChI is InChI=1S/C12H16N4O4S/c1-15-4-6-16(7-5-15)14-21(18,19)9-2-3-10-11(8-9)20-12(17)13-10/h2-3,8,14H,4-7H2,1H3,(H,13,17). The minimum atomic E-state index is -3.68. The van der Waals surface area contributed by atoms with Crippen LogP contribution in [0.4, 0.5) is 0 Å². The second-order valence-electron chi connectivity index (χ2n) is 5.06. The van der Waals surface area contributed by atoms with E-state index in [4.69, 9.17) is 4.42 Å². The van der Waals surface area contributed by atoms with Crippen LogP contribution in [0, 0.1) is 0 Å². The fraction of sp³-hybridized carbons (Fsp3) is 0.417. The van der Waals surface area contributed by atoms with Gasteiger partial charge in [0.25, 0.3) is 10.0 Å². The van der Waals surface area contributed by atoms with Crippen molar-refractivity contribution in [3.8, 4) is 0 Å². The number of H-pyrrole nitrogens is 1. The number of fused-ring (bicyclic) bond motifs is 1. The van der Waals surface area contributed by atoms with Gasteiger partial charge in [-0.3, -0.25) is 4.98 Å². The fourth-order valence-corrected chi connectivity index (χ4v) is 3.35. The van der Waals surface area contributed by atoms with Gasteiger partial charge in [-0.2, -0.15) is 0 Å². The normalized spacial score (nSPS) is 18.3. The van der Waals surface area contributed by atoms with E-state index in [2.05, 4.69) is 14.7 Å². The van der Waals surface area contributed by atoms with Gasteiger partial charge in [0.2, 0.25) is 0 Å². The topological polar surface area (TPSA) is 98.6 Å². The zero-order chi connectivity index (χ0) is 15.0. The summed E-state index contributed by atoms with van der Waals surface area (Å²) in [4.78, 5) is 18.3. The Labute approximate surface area is 121 Å². The monoisotopic (exact) mass is 312 g/mol. The van der Waals surface area contributed by atoms with E-state index < -0.39 is 15.8 Å². The average Bonchev–Trinajstić information content (AvgIpc) is 2.80. The molecule has 1 aliphatic rings. The molecular formula is C12H16N4O4S. The Kier molecular flexibility index (Phi) is 3.57. The molecule has 1 fully saturated rings. The maximum Gasteiger partial charge on any atom is 0.417 e. The van der Waals surface area contributed by atoms with Crippen LogP contribution in [-0.2, 0) is 10.0 Å². The number of hydrogen-bond acceptors (Lipinski definition) is 6. The summed E-state index contributed by atoms with van der Waals surface area (Å²) in [6.45, 7) is 2.84. The van der Waals surface area contributed by atoms with Gasteiger partial charge in [-0.05, 0) is 19.2 Å². The Bertz CT molecular complexity index is 802. The van der Waals surface area contributed by atoms with Crippen molar-refractivity contribution < 1.29 is 12.8 Å². The molecule has 0 bridgehead atoms. The number of hydrogen-bond donors (Lipinski definition) is 2. The third-order valence-electron chi connectivity index (χ3n) is 3.46. The van der Waals surface area contributed by atoms with Crippen LogP contribution in [0.2, 0.25) is 0 Å². The van der Waals surface area contributed by atoms with Gasteiger partial charge in [-0.25, -0.2) is 18.2 Å². The summed E-state index contributed by atoms with van der Waals surface area (Å²) in [5.74, 6) is -0.605. The first-order valence-electron chi connectivity index (χ1n) is 6.53. The molecule has 0 aliphatic carbocycles. The highest BCUT2D eigenvalue weighted by atomic mass is 32.2. The number of likely N-dealkylation sites (N-methyl/N-ethyl adjacent to an activating group) is 1. The number of rotatable bonds is 3. The zero-order valence-electron chi connectivity index (χ0n) is 11.5. The van der Waals surface area contributed by atoms with Crippen LogP contribution < -0.4 is 10.6 Å². The first-order chi connectivity index (χ1) is 9.94. The van der Waals surface area contributed by atoms with Gasteiger partial charge in [-0.15, -0.1) is 4.83 Å². The summed E-state index contributed by atoms with van der Waals surface area (Å²) < 4.78 is 29.6. The lowest BCUT2D eigenvalue weighted by molar-refractivity contribution is 0.135. The van der Waals surface area contributed by atoms with Crippen LogP contribution in [0.15, 0.2) is 32.3 Å². The molecule has 0 spiro atoms. The zero-order valence-corrected chi connectivity index (χ0v) is 12.3. The van der Waals surface area contributed by atoms with Crippen molar-refractivity contribution >= 4 is 21.1 Å². The number of piperazine rings is 1. The van der Waals surface area contributed by atoms with Crippen molar-refractivity contribution in [1.29, 1.82) is 0 Å². The summed E-state index contributed by atoms with van der Waals surface area (Å²) in [6, 6.07) is 4.29. The molecule has 0 amide bonds. The molecule has 1 aromatic carbocycles. The van der Waals surface area contributed by atoms with E-state index in [1.165, 1.54) is 18.2 Å². The summed E-state index contributed by atoms with van der Waals surface area (Å²) >= 11 is 0. The van der Waals surface area contributed by atoms with Crippen LogP contribution in [0.1, 0.15) is 0 Å². The molecule has 0 atom stereocenters. The van der Waals surface area contributed by atoms with E-state index >= 15 is 0 Å². The third kappa shape index (κ3) is 3.00. The minimum absolute atomic E-state index is 0.0664. The molecule has 3 rings (SSSR count). The number of aromatic amines is 1. The van der Waals surface area contributed by atoms with Crippen LogP contribution in [-0.4, -0.2) is 56.5 Å². The quantitative estimate of drug-likeness (QED) is 0.797. The van der Waals surface area contributed by atoms with Gasteiger partial charge in [0, 0.05) is 32.2 Å². The molecule has 21 heavy (non-hydrogen) atoms. The van der Waals surface area contributed by atoms with E-state index in [9.17, 15) is 13.2 Å². The van der Waals surface area contributed by atoms with Gasteiger partial charge in [-0.1, -0.05) is 0 Å². The number of oxazole rings is 1. The van der Waals surface area contributed by atoms with Crippen molar-refractivity contribution in [2.24, 2.45) is 0 Å². The molecule has 1 aromatic heterocycles. The highest BCUT2D eigenvalue weighted by Crippen LogP contribution is 2.16.